The normalized spacial score (nSPS) is 17.2. The van der Waals surface area contributed by atoms with Crippen LogP contribution in [0.5, 0.6) is 0 Å². The molecule has 7 nitrogen and oxygen atoms in total. The molecule has 7 heteroatoms. The maximum absolute atomic E-state index is 11.6. The number of nitrogens with one attached hydrogen (secondary N) is 3. The van der Waals surface area contributed by atoms with Crippen molar-refractivity contribution in [3.8, 4) is 0 Å². The van der Waals surface area contributed by atoms with Crippen molar-refractivity contribution in [2.24, 2.45) is 5.41 Å². The van der Waals surface area contributed by atoms with E-state index in [0.29, 0.717) is 12.8 Å². The second-order valence-corrected chi connectivity index (χ2v) is 5.68. The predicted octanol–water partition coefficient (Wildman–Crippen LogP) is 0.845. The molecular formula is C14H25N3O4. The Morgan fingerprint density at radius 3 is 2.38 bits per heavy atom. The molecule has 1 unspecified atom stereocenters. The van der Waals surface area contributed by atoms with Gasteiger partial charge in [-0.25, -0.2) is 4.79 Å². The summed E-state index contributed by atoms with van der Waals surface area (Å²) in [6.07, 6.45) is 3.14. The molecule has 4 N–H and O–H groups in total. The third-order valence-electron chi connectivity index (χ3n) is 4.01. The molecule has 1 aliphatic rings. The number of hydrogen-bond donors (Lipinski definition) is 4. The third-order valence-corrected chi connectivity index (χ3v) is 4.01. The Morgan fingerprint density at radius 2 is 1.90 bits per heavy atom. The average Bonchev–Trinajstić information content (AvgIpc) is 2.36. The van der Waals surface area contributed by atoms with E-state index in [4.69, 9.17) is 5.11 Å². The van der Waals surface area contributed by atoms with Crippen molar-refractivity contribution < 1.29 is 19.5 Å². The Hall–Kier alpha value is -1.79. The number of hydrogen-bond acceptors (Lipinski definition) is 3. The lowest BCUT2D eigenvalue weighted by atomic mass is 9.69. The minimum atomic E-state index is -0.859. The fourth-order valence-corrected chi connectivity index (χ4v) is 2.12. The van der Waals surface area contributed by atoms with Gasteiger partial charge in [0.25, 0.3) is 0 Å². The van der Waals surface area contributed by atoms with Crippen LogP contribution in [0.2, 0.25) is 0 Å². The van der Waals surface area contributed by atoms with Crippen LogP contribution >= 0.6 is 0 Å². The van der Waals surface area contributed by atoms with Crippen molar-refractivity contribution in [3.05, 3.63) is 0 Å². The number of carbonyl (C=O) groups excluding carboxylic acids is 2. The highest BCUT2D eigenvalue weighted by Crippen LogP contribution is 2.40. The van der Waals surface area contributed by atoms with Gasteiger partial charge in [-0.3, -0.25) is 9.59 Å². The third kappa shape index (κ3) is 5.24. The van der Waals surface area contributed by atoms with Gasteiger partial charge in [-0.05, 0) is 26.2 Å². The first-order valence-corrected chi connectivity index (χ1v) is 7.44. The molecule has 1 aliphatic carbocycles. The van der Waals surface area contributed by atoms with Gasteiger partial charge in [0.2, 0.25) is 5.91 Å². The number of rotatable bonds is 8. The summed E-state index contributed by atoms with van der Waals surface area (Å²) in [5.41, 5.74) is -0.800. The molecular weight excluding hydrogens is 274 g/mol. The summed E-state index contributed by atoms with van der Waals surface area (Å²) in [7, 11) is 0. The summed E-state index contributed by atoms with van der Waals surface area (Å²) in [4.78, 5) is 34.2. The van der Waals surface area contributed by atoms with E-state index in [2.05, 4.69) is 16.0 Å². The van der Waals surface area contributed by atoms with Crippen molar-refractivity contribution >= 4 is 17.9 Å². The van der Waals surface area contributed by atoms with Crippen molar-refractivity contribution in [2.45, 2.75) is 52.0 Å². The van der Waals surface area contributed by atoms with Gasteiger partial charge < -0.3 is 21.1 Å². The Bertz CT molecular complexity index is 394. The molecule has 21 heavy (non-hydrogen) atoms. The topological polar surface area (TPSA) is 108 Å². The molecule has 0 bridgehead atoms. The van der Waals surface area contributed by atoms with Crippen LogP contribution in [-0.2, 0) is 9.59 Å². The van der Waals surface area contributed by atoms with E-state index in [-0.39, 0.29) is 31.5 Å². The number of aliphatic carboxylic acids is 1. The minimum Gasteiger partial charge on any atom is -0.481 e. The number of amides is 3. The molecule has 120 valence electrons. The molecule has 0 saturated heterocycles. The molecule has 0 spiro atoms. The lowest BCUT2D eigenvalue weighted by Crippen LogP contribution is -2.50. The average molecular weight is 299 g/mol. The van der Waals surface area contributed by atoms with Gasteiger partial charge in [-0.15, -0.1) is 0 Å². The lowest BCUT2D eigenvalue weighted by Gasteiger charge is -2.37. The zero-order chi connectivity index (χ0) is 15.9. The first-order chi connectivity index (χ1) is 9.89. The van der Waals surface area contributed by atoms with Crippen molar-refractivity contribution in [2.75, 3.05) is 13.1 Å². The molecule has 1 saturated carbocycles. The smallest absolute Gasteiger partial charge is 0.314 e. The van der Waals surface area contributed by atoms with E-state index in [0.717, 1.165) is 12.8 Å². The Kier molecular flexibility index (Phi) is 6.45. The van der Waals surface area contributed by atoms with Crippen molar-refractivity contribution in [1.82, 2.24) is 16.0 Å². The molecule has 0 heterocycles. The van der Waals surface area contributed by atoms with Crippen LogP contribution in [0.3, 0.4) is 0 Å². The van der Waals surface area contributed by atoms with E-state index < -0.39 is 17.4 Å². The molecule has 1 rings (SSSR count). The van der Waals surface area contributed by atoms with E-state index in [1.165, 1.54) is 0 Å². The van der Waals surface area contributed by atoms with Crippen LogP contribution in [0.15, 0.2) is 0 Å². The zero-order valence-corrected chi connectivity index (χ0v) is 12.7. The molecule has 0 aromatic rings. The number of carboxylic acids is 1. The summed E-state index contributed by atoms with van der Waals surface area (Å²) < 4.78 is 0. The maximum Gasteiger partial charge on any atom is 0.314 e. The van der Waals surface area contributed by atoms with Crippen LogP contribution in [0.4, 0.5) is 4.79 Å². The van der Waals surface area contributed by atoms with E-state index in [1.807, 2.05) is 13.8 Å². The van der Waals surface area contributed by atoms with Crippen LogP contribution in [-0.4, -0.2) is 42.1 Å². The van der Waals surface area contributed by atoms with Crippen molar-refractivity contribution in [3.63, 3.8) is 0 Å². The minimum absolute atomic E-state index is 0.106. The highest BCUT2D eigenvalue weighted by atomic mass is 16.4. The number of carboxylic acid groups (broad SMARTS) is 1. The Labute approximate surface area is 124 Å². The maximum atomic E-state index is 11.6. The summed E-state index contributed by atoms with van der Waals surface area (Å²) in [6.45, 7) is 4.26. The van der Waals surface area contributed by atoms with Crippen LogP contribution in [0, 0.1) is 5.41 Å². The lowest BCUT2D eigenvalue weighted by molar-refractivity contribution is -0.153. The molecule has 3 amide bonds. The van der Waals surface area contributed by atoms with Gasteiger partial charge in [0, 0.05) is 25.6 Å². The summed E-state index contributed by atoms with van der Waals surface area (Å²) >= 11 is 0. The largest absolute Gasteiger partial charge is 0.481 e. The highest BCUT2D eigenvalue weighted by molar-refractivity contribution is 5.80. The second-order valence-electron chi connectivity index (χ2n) is 5.68. The fourth-order valence-electron chi connectivity index (χ4n) is 2.12. The SMILES string of the molecule is CCC(C)NC(=O)CCNC(=O)NCC1(C(=O)O)CCC1. The molecule has 0 aliphatic heterocycles. The van der Waals surface area contributed by atoms with Crippen LogP contribution in [0.25, 0.3) is 0 Å². The molecule has 1 atom stereocenters. The van der Waals surface area contributed by atoms with Gasteiger partial charge in [-0.2, -0.15) is 0 Å². The summed E-state index contributed by atoms with van der Waals surface area (Å²) in [5.74, 6) is -0.965. The molecule has 0 aromatic heterocycles. The van der Waals surface area contributed by atoms with Gasteiger partial charge in [0.1, 0.15) is 0 Å². The Balaban J connectivity index is 2.17. The van der Waals surface area contributed by atoms with Gasteiger partial charge in [0.05, 0.1) is 5.41 Å². The van der Waals surface area contributed by atoms with Gasteiger partial charge in [0.15, 0.2) is 0 Å². The van der Waals surface area contributed by atoms with E-state index >= 15 is 0 Å². The summed E-state index contributed by atoms with van der Waals surface area (Å²) in [6, 6.07) is -0.306. The summed E-state index contributed by atoms with van der Waals surface area (Å²) in [5, 5.41) is 17.1. The van der Waals surface area contributed by atoms with E-state index in [1.54, 1.807) is 0 Å². The Morgan fingerprint density at radius 1 is 1.24 bits per heavy atom. The van der Waals surface area contributed by atoms with E-state index in [9.17, 15) is 14.4 Å². The monoisotopic (exact) mass is 299 g/mol. The quantitative estimate of drug-likeness (QED) is 0.533. The second kappa shape index (κ2) is 7.85. The molecule has 1 fully saturated rings. The first kappa shape index (κ1) is 17.3. The number of carbonyl (C=O) groups is 3. The van der Waals surface area contributed by atoms with Crippen molar-refractivity contribution in [1.29, 1.82) is 0 Å². The predicted molar refractivity (Wildman–Crippen MR) is 77.8 cm³/mol. The van der Waals surface area contributed by atoms with Crippen LogP contribution < -0.4 is 16.0 Å². The van der Waals surface area contributed by atoms with Crippen LogP contribution in [0.1, 0.15) is 46.0 Å². The molecule has 0 radical (unpaired) electrons. The molecule has 0 aromatic carbocycles. The highest BCUT2D eigenvalue weighted by Gasteiger charge is 2.44. The first-order valence-electron chi connectivity index (χ1n) is 7.44. The standard InChI is InChI=1S/C14H25N3O4/c1-3-10(2)17-11(18)5-8-15-13(21)16-9-14(12(19)20)6-4-7-14/h10H,3-9H2,1-2H3,(H,17,18)(H,19,20)(H2,15,16,21). The number of urea groups is 1. The zero-order valence-electron chi connectivity index (χ0n) is 12.7. The van der Waals surface area contributed by atoms with Gasteiger partial charge >= 0.3 is 12.0 Å². The van der Waals surface area contributed by atoms with Gasteiger partial charge in [-0.1, -0.05) is 13.3 Å². The fraction of sp³-hybridized carbons (Fsp3) is 0.786.